The highest BCUT2D eigenvalue weighted by Crippen LogP contribution is 2.26. The molecule has 1 saturated heterocycles. The van der Waals surface area contributed by atoms with Crippen molar-refractivity contribution < 1.29 is 19.1 Å². The lowest BCUT2D eigenvalue weighted by Gasteiger charge is -2.34. The van der Waals surface area contributed by atoms with Gasteiger partial charge >= 0.3 is 6.09 Å². The van der Waals surface area contributed by atoms with Gasteiger partial charge in [-0.05, 0) is 25.0 Å². The standard InChI is InChI=1S/C21H28N6O4S2/c1-3-15-7-5-6-8-16(15)22-17(28)13-26-9-11-27(12-10-26)18(29)14-32-21-25-24-19(33-21)23-20(30)31-4-2/h5-8H,3-4,9-14H2,1-2H3,(H,22,28)(H,23,24,30). The van der Waals surface area contributed by atoms with Crippen LogP contribution in [-0.4, -0.2) is 83.0 Å². The maximum atomic E-state index is 12.6. The van der Waals surface area contributed by atoms with Crippen molar-refractivity contribution >= 4 is 51.8 Å². The summed E-state index contributed by atoms with van der Waals surface area (Å²) in [7, 11) is 0. The van der Waals surface area contributed by atoms with Gasteiger partial charge in [-0.15, -0.1) is 10.2 Å². The summed E-state index contributed by atoms with van der Waals surface area (Å²) in [5.74, 6) is 0.202. The van der Waals surface area contributed by atoms with Crippen LogP contribution in [0.2, 0.25) is 0 Å². The Bertz CT molecular complexity index is 962. The van der Waals surface area contributed by atoms with Crippen molar-refractivity contribution in [3.8, 4) is 0 Å². The van der Waals surface area contributed by atoms with E-state index in [9.17, 15) is 14.4 Å². The molecule has 0 bridgehead atoms. The summed E-state index contributed by atoms with van der Waals surface area (Å²) in [5.41, 5.74) is 1.96. The summed E-state index contributed by atoms with van der Waals surface area (Å²) in [6, 6.07) is 7.81. The van der Waals surface area contributed by atoms with Gasteiger partial charge in [-0.2, -0.15) is 0 Å². The van der Waals surface area contributed by atoms with Crippen LogP contribution in [-0.2, 0) is 20.7 Å². The third kappa shape index (κ3) is 7.69. The summed E-state index contributed by atoms with van der Waals surface area (Å²) in [4.78, 5) is 40.3. The summed E-state index contributed by atoms with van der Waals surface area (Å²) in [6.07, 6.45) is 0.276. The van der Waals surface area contributed by atoms with Gasteiger partial charge in [0.05, 0.1) is 18.9 Å². The first-order valence-corrected chi connectivity index (χ1v) is 12.6. The molecule has 10 nitrogen and oxygen atoms in total. The number of rotatable bonds is 9. The number of ether oxygens (including phenoxy) is 1. The molecule has 0 radical (unpaired) electrons. The van der Waals surface area contributed by atoms with Crippen molar-refractivity contribution in [2.24, 2.45) is 0 Å². The molecule has 3 rings (SSSR count). The van der Waals surface area contributed by atoms with Gasteiger partial charge in [-0.1, -0.05) is 48.2 Å². The summed E-state index contributed by atoms with van der Waals surface area (Å²) < 4.78 is 5.39. The van der Waals surface area contributed by atoms with Crippen molar-refractivity contribution in [1.82, 2.24) is 20.0 Å². The van der Waals surface area contributed by atoms with E-state index < -0.39 is 6.09 Å². The number of carbonyl (C=O) groups excluding carboxylic acids is 3. The highest BCUT2D eigenvalue weighted by molar-refractivity contribution is 8.01. The Labute approximate surface area is 201 Å². The molecule has 33 heavy (non-hydrogen) atoms. The second-order valence-corrected chi connectivity index (χ2v) is 9.42. The monoisotopic (exact) mass is 492 g/mol. The van der Waals surface area contributed by atoms with E-state index in [1.165, 1.54) is 23.1 Å². The number of aromatic nitrogens is 2. The molecule has 2 N–H and O–H groups in total. The van der Waals surface area contributed by atoms with Gasteiger partial charge < -0.3 is 15.0 Å². The molecule has 0 unspecified atom stereocenters. The van der Waals surface area contributed by atoms with E-state index in [-0.39, 0.29) is 24.2 Å². The number of nitrogens with zero attached hydrogens (tertiary/aromatic N) is 4. The Kier molecular flexibility index (Phi) is 9.46. The molecule has 0 atom stereocenters. The predicted molar refractivity (Wildman–Crippen MR) is 129 cm³/mol. The van der Waals surface area contributed by atoms with E-state index in [1.54, 1.807) is 11.8 Å². The SMILES string of the molecule is CCOC(=O)Nc1nnc(SCC(=O)N2CCN(CC(=O)Nc3ccccc3CC)CC2)s1. The van der Waals surface area contributed by atoms with Crippen molar-refractivity contribution in [2.45, 2.75) is 24.6 Å². The minimum Gasteiger partial charge on any atom is -0.450 e. The Morgan fingerprint density at radius 2 is 1.85 bits per heavy atom. The maximum Gasteiger partial charge on any atom is 0.413 e. The van der Waals surface area contributed by atoms with Crippen LogP contribution >= 0.6 is 23.1 Å². The topological polar surface area (TPSA) is 117 Å². The number of nitrogens with one attached hydrogen (secondary N) is 2. The molecule has 1 aromatic carbocycles. The number of anilines is 2. The Morgan fingerprint density at radius 1 is 1.09 bits per heavy atom. The number of aryl methyl sites for hydroxylation is 1. The fraction of sp³-hybridized carbons (Fsp3) is 0.476. The molecule has 1 aliphatic rings. The van der Waals surface area contributed by atoms with Crippen LogP contribution in [0.15, 0.2) is 28.6 Å². The minimum atomic E-state index is -0.581. The molecule has 178 valence electrons. The number of amides is 3. The molecule has 0 saturated carbocycles. The molecule has 1 fully saturated rings. The van der Waals surface area contributed by atoms with Crippen LogP contribution < -0.4 is 10.6 Å². The van der Waals surface area contributed by atoms with Crippen LogP contribution in [0.3, 0.4) is 0 Å². The Morgan fingerprint density at radius 3 is 2.58 bits per heavy atom. The zero-order valence-corrected chi connectivity index (χ0v) is 20.3. The average molecular weight is 493 g/mol. The maximum absolute atomic E-state index is 12.6. The van der Waals surface area contributed by atoms with Crippen LogP contribution in [0.1, 0.15) is 19.4 Å². The van der Waals surface area contributed by atoms with E-state index >= 15 is 0 Å². The van der Waals surface area contributed by atoms with Crippen molar-refractivity contribution in [3.63, 3.8) is 0 Å². The van der Waals surface area contributed by atoms with E-state index in [4.69, 9.17) is 4.74 Å². The van der Waals surface area contributed by atoms with Crippen LogP contribution in [0.4, 0.5) is 15.6 Å². The van der Waals surface area contributed by atoms with Gasteiger partial charge in [0.15, 0.2) is 4.34 Å². The average Bonchev–Trinajstić information content (AvgIpc) is 3.25. The Hall–Kier alpha value is -2.70. The molecule has 1 aliphatic heterocycles. The molecular formula is C21H28N6O4S2. The van der Waals surface area contributed by atoms with E-state index in [0.29, 0.717) is 42.2 Å². The zero-order chi connectivity index (χ0) is 23.6. The number of para-hydroxylation sites is 1. The van der Waals surface area contributed by atoms with E-state index in [0.717, 1.165) is 17.7 Å². The fourth-order valence-electron chi connectivity index (χ4n) is 3.29. The molecule has 2 aromatic rings. The number of benzene rings is 1. The van der Waals surface area contributed by atoms with Crippen molar-refractivity contribution in [3.05, 3.63) is 29.8 Å². The molecule has 3 amide bonds. The largest absolute Gasteiger partial charge is 0.450 e. The molecular weight excluding hydrogens is 464 g/mol. The third-order valence-corrected chi connectivity index (χ3v) is 6.93. The number of piperazine rings is 1. The minimum absolute atomic E-state index is 0.0103. The van der Waals surface area contributed by atoms with Crippen molar-refractivity contribution in [1.29, 1.82) is 0 Å². The van der Waals surface area contributed by atoms with Crippen LogP contribution in [0.5, 0.6) is 0 Å². The quantitative estimate of drug-likeness (QED) is 0.405. The summed E-state index contributed by atoms with van der Waals surface area (Å²) in [5, 5.41) is 13.7. The van der Waals surface area contributed by atoms with E-state index in [2.05, 4.69) is 32.7 Å². The second kappa shape index (κ2) is 12.5. The van der Waals surface area contributed by atoms with Crippen LogP contribution in [0, 0.1) is 0 Å². The highest BCUT2D eigenvalue weighted by atomic mass is 32.2. The fourth-order valence-corrected chi connectivity index (χ4v) is 4.93. The van der Waals surface area contributed by atoms with Crippen LogP contribution in [0.25, 0.3) is 0 Å². The number of carbonyl (C=O) groups is 3. The first-order chi connectivity index (χ1) is 16.0. The molecule has 12 heteroatoms. The molecule has 2 heterocycles. The van der Waals surface area contributed by atoms with Gasteiger partial charge in [0.1, 0.15) is 0 Å². The number of hydrogen-bond donors (Lipinski definition) is 2. The lowest BCUT2D eigenvalue weighted by Crippen LogP contribution is -2.50. The van der Waals surface area contributed by atoms with Gasteiger partial charge in [0, 0.05) is 31.9 Å². The van der Waals surface area contributed by atoms with Gasteiger partial charge in [0.2, 0.25) is 16.9 Å². The summed E-state index contributed by atoms with van der Waals surface area (Å²) in [6.45, 7) is 6.78. The smallest absolute Gasteiger partial charge is 0.413 e. The van der Waals surface area contributed by atoms with Gasteiger partial charge in [-0.3, -0.25) is 19.8 Å². The molecule has 0 spiro atoms. The number of hydrogen-bond acceptors (Lipinski definition) is 9. The lowest BCUT2D eigenvalue weighted by atomic mass is 10.1. The van der Waals surface area contributed by atoms with Gasteiger partial charge in [-0.25, -0.2) is 4.79 Å². The van der Waals surface area contributed by atoms with Crippen molar-refractivity contribution in [2.75, 3.05) is 55.7 Å². The van der Waals surface area contributed by atoms with E-state index in [1.807, 2.05) is 24.3 Å². The summed E-state index contributed by atoms with van der Waals surface area (Å²) >= 11 is 2.47. The second-order valence-electron chi connectivity index (χ2n) is 7.22. The number of thioether (sulfide) groups is 1. The molecule has 0 aliphatic carbocycles. The Balaban J connectivity index is 1.38. The lowest BCUT2D eigenvalue weighted by molar-refractivity contribution is -0.130. The zero-order valence-electron chi connectivity index (χ0n) is 18.7. The highest BCUT2D eigenvalue weighted by Gasteiger charge is 2.23. The predicted octanol–water partition coefficient (Wildman–Crippen LogP) is 2.54. The normalized spacial score (nSPS) is 14.1. The van der Waals surface area contributed by atoms with Gasteiger partial charge in [0.25, 0.3) is 0 Å². The third-order valence-electron chi connectivity index (χ3n) is 4.97. The first kappa shape index (κ1) is 24.9. The first-order valence-electron chi connectivity index (χ1n) is 10.8. The molecule has 1 aromatic heterocycles.